The van der Waals surface area contributed by atoms with Gasteiger partial charge in [0.05, 0.1) is 11.5 Å². The van der Waals surface area contributed by atoms with Crippen LogP contribution in [0.1, 0.15) is 42.5 Å². The molecule has 0 spiro atoms. The topological polar surface area (TPSA) is 102 Å². The van der Waals surface area contributed by atoms with Crippen LogP contribution in [0.5, 0.6) is 0 Å². The molecule has 2 bridgehead atoms. The average molecular weight is 376 g/mol. The SMILES string of the molecule is O=C(COC(=O)C1C[C@H]2CCC[C@@H](C1)C2=O)NNC(=O)c1ccccc1F. The molecule has 0 radical (unpaired) electrons. The quantitative estimate of drug-likeness (QED) is 0.613. The van der Waals surface area contributed by atoms with Crippen LogP contribution in [0, 0.1) is 23.6 Å². The molecule has 3 atom stereocenters. The first kappa shape index (κ1) is 19.0. The van der Waals surface area contributed by atoms with Crippen molar-refractivity contribution in [1.29, 1.82) is 0 Å². The lowest BCUT2D eigenvalue weighted by molar-refractivity contribution is -0.156. The van der Waals surface area contributed by atoms with E-state index in [0.29, 0.717) is 12.8 Å². The van der Waals surface area contributed by atoms with E-state index in [0.717, 1.165) is 25.3 Å². The second kappa shape index (κ2) is 8.28. The van der Waals surface area contributed by atoms with E-state index in [1.165, 1.54) is 18.2 Å². The predicted octanol–water partition coefficient (Wildman–Crippen LogP) is 1.53. The average Bonchev–Trinajstić information content (AvgIpc) is 2.64. The van der Waals surface area contributed by atoms with Crippen molar-refractivity contribution in [2.24, 2.45) is 17.8 Å². The van der Waals surface area contributed by atoms with Crippen LogP contribution in [-0.2, 0) is 19.1 Å². The molecule has 0 aromatic heterocycles. The van der Waals surface area contributed by atoms with Crippen molar-refractivity contribution in [2.45, 2.75) is 32.1 Å². The molecular weight excluding hydrogens is 355 g/mol. The minimum Gasteiger partial charge on any atom is -0.455 e. The Morgan fingerprint density at radius 1 is 1.07 bits per heavy atom. The van der Waals surface area contributed by atoms with Crippen molar-refractivity contribution >= 4 is 23.6 Å². The predicted molar refractivity (Wildman–Crippen MR) is 91.5 cm³/mol. The fraction of sp³-hybridized carbons (Fsp3) is 0.474. The number of ketones is 1. The molecule has 1 unspecified atom stereocenters. The number of benzene rings is 1. The van der Waals surface area contributed by atoms with Crippen molar-refractivity contribution in [3.63, 3.8) is 0 Å². The van der Waals surface area contributed by atoms with Crippen molar-refractivity contribution in [3.05, 3.63) is 35.6 Å². The number of halogens is 1. The third-order valence-corrected chi connectivity index (χ3v) is 5.16. The van der Waals surface area contributed by atoms with Crippen LogP contribution in [-0.4, -0.2) is 30.2 Å². The molecule has 2 fully saturated rings. The molecule has 2 aliphatic carbocycles. The van der Waals surface area contributed by atoms with Gasteiger partial charge in [0.2, 0.25) is 0 Å². The van der Waals surface area contributed by atoms with E-state index in [1.807, 2.05) is 0 Å². The van der Waals surface area contributed by atoms with Crippen LogP contribution in [0.3, 0.4) is 0 Å². The largest absolute Gasteiger partial charge is 0.455 e. The van der Waals surface area contributed by atoms with E-state index >= 15 is 0 Å². The summed E-state index contributed by atoms with van der Waals surface area (Å²) in [5, 5.41) is 0. The highest BCUT2D eigenvalue weighted by molar-refractivity contribution is 5.95. The Morgan fingerprint density at radius 3 is 2.41 bits per heavy atom. The van der Waals surface area contributed by atoms with E-state index in [4.69, 9.17) is 4.74 Å². The van der Waals surface area contributed by atoms with Crippen molar-refractivity contribution in [3.8, 4) is 0 Å². The number of hydrogen-bond acceptors (Lipinski definition) is 5. The lowest BCUT2D eigenvalue weighted by atomic mass is 9.67. The molecule has 2 amide bonds. The molecule has 0 saturated heterocycles. The van der Waals surface area contributed by atoms with Gasteiger partial charge in [0.25, 0.3) is 11.8 Å². The highest BCUT2D eigenvalue weighted by Gasteiger charge is 2.41. The summed E-state index contributed by atoms with van der Waals surface area (Å²) in [5.41, 5.74) is 3.93. The molecule has 0 aliphatic heterocycles. The summed E-state index contributed by atoms with van der Waals surface area (Å²) in [7, 11) is 0. The van der Waals surface area contributed by atoms with Gasteiger partial charge < -0.3 is 4.74 Å². The van der Waals surface area contributed by atoms with Gasteiger partial charge in [-0.3, -0.25) is 30.0 Å². The fourth-order valence-electron chi connectivity index (χ4n) is 3.80. The lowest BCUT2D eigenvalue weighted by Crippen LogP contribution is -2.44. The van der Waals surface area contributed by atoms with Gasteiger partial charge in [-0.15, -0.1) is 0 Å². The van der Waals surface area contributed by atoms with Gasteiger partial charge in [0, 0.05) is 11.8 Å². The Labute approximate surface area is 155 Å². The smallest absolute Gasteiger partial charge is 0.309 e. The Kier molecular flexibility index (Phi) is 5.83. The van der Waals surface area contributed by atoms with Gasteiger partial charge in [-0.25, -0.2) is 4.39 Å². The molecule has 2 N–H and O–H groups in total. The number of hydrazine groups is 1. The maximum atomic E-state index is 13.5. The summed E-state index contributed by atoms with van der Waals surface area (Å²) in [4.78, 5) is 47.8. The normalized spacial score (nSPS) is 24.0. The molecular formula is C19H21FN2O5. The van der Waals surface area contributed by atoms with Crippen LogP contribution in [0.2, 0.25) is 0 Å². The van der Waals surface area contributed by atoms with Crippen LogP contribution in [0.4, 0.5) is 4.39 Å². The second-order valence-corrected chi connectivity index (χ2v) is 6.99. The number of nitrogens with one attached hydrogen (secondary N) is 2. The maximum absolute atomic E-state index is 13.5. The first-order chi connectivity index (χ1) is 13.0. The van der Waals surface area contributed by atoms with Gasteiger partial charge in [-0.1, -0.05) is 18.6 Å². The van der Waals surface area contributed by atoms with Gasteiger partial charge in [-0.2, -0.15) is 0 Å². The second-order valence-electron chi connectivity index (χ2n) is 6.99. The summed E-state index contributed by atoms with van der Waals surface area (Å²) in [6.07, 6.45) is 3.57. The Morgan fingerprint density at radius 2 is 1.74 bits per heavy atom. The van der Waals surface area contributed by atoms with Crippen molar-refractivity contribution in [2.75, 3.05) is 6.61 Å². The van der Waals surface area contributed by atoms with E-state index in [9.17, 15) is 23.6 Å². The third kappa shape index (κ3) is 4.50. The van der Waals surface area contributed by atoms with Gasteiger partial charge in [0.1, 0.15) is 11.6 Å². The summed E-state index contributed by atoms with van der Waals surface area (Å²) in [6, 6.07) is 5.34. The highest BCUT2D eigenvalue weighted by Crippen LogP contribution is 2.40. The maximum Gasteiger partial charge on any atom is 0.309 e. The van der Waals surface area contributed by atoms with E-state index < -0.39 is 30.2 Å². The Hall–Kier alpha value is -2.77. The zero-order valence-electron chi connectivity index (χ0n) is 14.7. The fourth-order valence-corrected chi connectivity index (χ4v) is 3.80. The number of esters is 1. The number of hydrogen-bond donors (Lipinski definition) is 2. The molecule has 27 heavy (non-hydrogen) atoms. The molecule has 2 aliphatic rings. The number of carbonyl (C=O) groups excluding carboxylic acids is 4. The molecule has 2 saturated carbocycles. The highest BCUT2D eigenvalue weighted by atomic mass is 19.1. The summed E-state index contributed by atoms with van der Waals surface area (Å²) >= 11 is 0. The van der Waals surface area contributed by atoms with Gasteiger partial charge >= 0.3 is 5.97 Å². The van der Waals surface area contributed by atoms with Crippen LogP contribution in [0.15, 0.2) is 24.3 Å². The number of Topliss-reactive ketones (excluding diaryl/α,β-unsaturated/α-hetero) is 1. The minimum absolute atomic E-state index is 0.0797. The van der Waals surface area contributed by atoms with Crippen LogP contribution >= 0.6 is 0 Å². The van der Waals surface area contributed by atoms with Crippen molar-refractivity contribution < 1.29 is 28.3 Å². The zero-order chi connectivity index (χ0) is 19.4. The Balaban J connectivity index is 1.43. The standard InChI is InChI=1S/C19H21FN2O5/c20-15-7-2-1-6-14(15)18(25)22-21-16(23)10-27-19(26)13-8-11-4-3-5-12(9-13)17(11)24/h1-2,6-7,11-13H,3-5,8-10H2,(H,21,23)(H,22,25)/t11-,12+,13?. The number of rotatable bonds is 4. The van der Waals surface area contributed by atoms with Gasteiger partial charge in [-0.05, 0) is 37.8 Å². The number of carbonyl (C=O) groups is 4. The third-order valence-electron chi connectivity index (χ3n) is 5.16. The number of amides is 2. The molecule has 0 heterocycles. The van der Waals surface area contributed by atoms with E-state index in [-0.39, 0.29) is 29.1 Å². The molecule has 3 rings (SSSR count). The lowest BCUT2D eigenvalue weighted by Gasteiger charge is -2.36. The first-order valence-electron chi connectivity index (χ1n) is 8.99. The summed E-state index contributed by atoms with van der Waals surface area (Å²) in [5.74, 6) is -3.06. The monoisotopic (exact) mass is 376 g/mol. The molecule has 1 aromatic carbocycles. The molecule has 8 heteroatoms. The minimum atomic E-state index is -0.814. The molecule has 1 aromatic rings. The Bertz CT molecular complexity index is 750. The summed E-state index contributed by atoms with van der Waals surface area (Å²) < 4.78 is 18.5. The van der Waals surface area contributed by atoms with E-state index in [2.05, 4.69) is 10.9 Å². The number of fused-ring (bicyclic) bond motifs is 2. The van der Waals surface area contributed by atoms with Crippen LogP contribution in [0.25, 0.3) is 0 Å². The van der Waals surface area contributed by atoms with Gasteiger partial charge in [0.15, 0.2) is 6.61 Å². The molecule has 144 valence electrons. The van der Waals surface area contributed by atoms with Crippen molar-refractivity contribution in [1.82, 2.24) is 10.9 Å². The molecule has 7 nitrogen and oxygen atoms in total. The van der Waals surface area contributed by atoms with E-state index in [1.54, 1.807) is 0 Å². The first-order valence-corrected chi connectivity index (χ1v) is 8.99. The zero-order valence-corrected chi connectivity index (χ0v) is 14.7. The van der Waals surface area contributed by atoms with Crippen LogP contribution < -0.4 is 10.9 Å². The summed E-state index contributed by atoms with van der Waals surface area (Å²) in [6.45, 7) is -0.559. The number of ether oxygens (including phenoxy) is 1.